The Morgan fingerprint density at radius 2 is 1.71 bits per heavy atom. The lowest BCUT2D eigenvalue weighted by Gasteiger charge is -2.36. The van der Waals surface area contributed by atoms with Crippen LogP contribution in [0.15, 0.2) is 12.1 Å². The number of rotatable bonds is 6. The van der Waals surface area contributed by atoms with Crippen molar-refractivity contribution in [3.05, 3.63) is 23.4 Å². The van der Waals surface area contributed by atoms with Gasteiger partial charge in [0.05, 0.1) is 0 Å². The molecule has 0 aliphatic rings. The van der Waals surface area contributed by atoms with E-state index in [0.717, 1.165) is 30.9 Å². The molecule has 0 unspecified atom stereocenters. The third-order valence-electron chi connectivity index (χ3n) is 4.23. The molecule has 3 heteroatoms. The first-order chi connectivity index (χ1) is 9.59. The first kappa shape index (κ1) is 18.0. The predicted octanol–water partition coefficient (Wildman–Crippen LogP) is 4.16. The molecule has 1 N–H and O–H groups in total. The van der Waals surface area contributed by atoms with E-state index in [9.17, 15) is 0 Å². The summed E-state index contributed by atoms with van der Waals surface area (Å²) in [6, 6.07) is 4.43. The van der Waals surface area contributed by atoms with Gasteiger partial charge in [0.1, 0.15) is 5.82 Å². The van der Waals surface area contributed by atoms with Crippen LogP contribution in [-0.4, -0.2) is 23.1 Å². The average Bonchev–Trinajstić information content (AvgIpc) is 2.43. The molecule has 0 saturated heterocycles. The molecule has 0 saturated carbocycles. The molecule has 0 atom stereocenters. The van der Waals surface area contributed by atoms with Gasteiger partial charge >= 0.3 is 0 Å². The zero-order chi connectivity index (χ0) is 16.3. The van der Waals surface area contributed by atoms with Crippen molar-refractivity contribution >= 4 is 5.82 Å². The molecule has 0 fully saturated rings. The van der Waals surface area contributed by atoms with Gasteiger partial charge in [-0.15, -0.1) is 0 Å². The maximum Gasteiger partial charge on any atom is 0.129 e. The summed E-state index contributed by atoms with van der Waals surface area (Å²) in [5.41, 5.74) is 2.72. The molecule has 120 valence electrons. The van der Waals surface area contributed by atoms with Crippen molar-refractivity contribution in [1.29, 1.82) is 0 Å². The highest BCUT2D eigenvalue weighted by atomic mass is 15.2. The molecule has 0 aliphatic heterocycles. The largest absolute Gasteiger partial charge is 0.355 e. The summed E-state index contributed by atoms with van der Waals surface area (Å²) >= 11 is 0. The van der Waals surface area contributed by atoms with Crippen LogP contribution in [0.2, 0.25) is 0 Å². The number of hydrogen-bond donors (Lipinski definition) is 1. The quantitative estimate of drug-likeness (QED) is 0.853. The number of nitrogens with one attached hydrogen (secondary N) is 1. The van der Waals surface area contributed by atoms with Crippen LogP contribution in [0.5, 0.6) is 0 Å². The monoisotopic (exact) mass is 291 g/mol. The molecule has 3 nitrogen and oxygen atoms in total. The van der Waals surface area contributed by atoms with Gasteiger partial charge in [0, 0.05) is 30.4 Å². The van der Waals surface area contributed by atoms with Crippen LogP contribution in [0.25, 0.3) is 0 Å². The number of aryl methyl sites for hydroxylation is 1. The van der Waals surface area contributed by atoms with E-state index in [2.05, 4.69) is 77.9 Å². The zero-order valence-electron chi connectivity index (χ0n) is 15.2. The molecule has 0 radical (unpaired) electrons. The smallest absolute Gasteiger partial charge is 0.129 e. The number of hydrogen-bond acceptors (Lipinski definition) is 3. The van der Waals surface area contributed by atoms with E-state index in [4.69, 9.17) is 4.98 Å². The maximum atomic E-state index is 4.81. The summed E-state index contributed by atoms with van der Waals surface area (Å²) in [5, 5.41) is 3.56. The summed E-state index contributed by atoms with van der Waals surface area (Å²) in [6.07, 6.45) is 2.06. The van der Waals surface area contributed by atoms with Crippen LogP contribution in [0.4, 0.5) is 5.82 Å². The Kier molecular flexibility index (Phi) is 5.80. The molecular weight excluding hydrogens is 258 g/mol. The Morgan fingerprint density at radius 3 is 2.19 bits per heavy atom. The normalized spacial score (nSPS) is 12.6. The first-order valence-electron chi connectivity index (χ1n) is 8.07. The van der Waals surface area contributed by atoms with Crippen LogP contribution >= 0.6 is 0 Å². The molecule has 1 heterocycles. The highest BCUT2D eigenvalue weighted by Crippen LogP contribution is 2.24. The van der Waals surface area contributed by atoms with Gasteiger partial charge in [0.25, 0.3) is 0 Å². The zero-order valence-corrected chi connectivity index (χ0v) is 15.2. The molecule has 1 aromatic rings. The van der Waals surface area contributed by atoms with Crippen LogP contribution in [0.1, 0.15) is 66.1 Å². The van der Waals surface area contributed by atoms with Gasteiger partial charge in [-0.05, 0) is 65.2 Å². The fraction of sp³-hybridized carbons (Fsp3) is 0.722. The lowest BCUT2D eigenvalue weighted by Crippen LogP contribution is -2.41. The van der Waals surface area contributed by atoms with Crippen molar-refractivity contribution in [3.63, 3.8) is 0 Å². The number of anilines is 1. The molecule has 0 aromatic carbocycles. The Balaban J connectivity index is 3.05. The number of nitrogens with zero attached hydrogens (tertiary/aromatic N) is 2. The second-order valence-electron chi connectivity index (χ2n) is 7.51. The third kappa shape index (κ3) is 5.31. The van der Waals surface area contributed by atoms with Crippen molar-refractivity contribution in [2.24, 2.45) is 0 Å². The molecule has 1 aromatic heterocycles. The predicted molar refractivity (Wildman–Crippen MR) is 93.0 cm³/mol. The van der Waals surface area contributed by atoms with Gasteiger partial charge < -0.3 is 10.2 Å². The number of aromatic nitrogens is 1. The number of pyridine rings is 1. The highest BCUT2D eigenvalue weighted by Gasteiger charge is 2.23. The Hall–Kier alpha value is -1.09. The lowest BCUT2D eigenvalue weighted by molar-refractivity contribution is 0.423. The minimum Gasteiger partial charge on any atom is -0.355 e. The third-order valence-corrected chi connectivity index (χ3v) is 4.23. The van der Waals surface area contributed by atoms with Gasteiger partial charge in [-0.25, -0.2) is 4.98 Å². The molecular formula is C18H33N3. The SMILES string of the molecule is CCc1cc(CNC(C)(C)C)cc(N(C)C(C)(C)CC)n1. The molecule has 21 heavy (non-hydrogen) atoms. The summed E-state index contributed by atoms with van der Waals surface area (Å²) in [6.45, 7) is 16.4. The van der Waals surface area contributed by atoms with Crippen LogP contribution in [0, 0.1) is 0 Å². The fourth-order valence-electron chi connectivity index (χ4n) is 2.00. The van der Waals surface area contributed by atoms with E-state index in [1.54, 1.807) is 0 Å². The summed E-state index contributed by atoms with van der Waals surface area (Å²) in [4.78, 5) is 7.11. The van der Waals surface area contributed by atoms with Gasteiger partial charge in [-0.1, -0.05) is 13.8 Å². The highest BCUT2D eigenvalue weighted by molar-refractivity contribution is 5.44. The van der Waals surface area contributed by atoms with Crippen molar-refractivity contribution in [2.75, 3.05) is 11.9 Å². The summed E-state index contributed by atoms with van der Waals surface area (Å²) in [5.74, 6) is 1.08. The van der Waals surface area contributed by atoms with Crippen LogP contribution in [0.3, 0.4) is 0 Å². The van der Waals surface area contributed by atoms with Gasteiger partial charge in [-0.2, -0.15) is 0 Å². The second kappa shape index (κ2) is 6.78. The first-order valence-corrected chi connectivity index (χ1v) is 8.07. The molecule has 1 rings (SSSR count). The molecule has 0 aliphatic carbocycles. The van der Waals surface area contributed by atoms with E-state index in [1.807, 2.05) is 0 Å². The Morgan fingerprint density at radius 1 is 1.10 bits per heavy atom. The van der Waals surface area contributed by atoms with Gasteiger partial charge in [0.2, 0.25) is 0 Å². The van der Waals surface area contributed by atoms with Crippen molar-refractivity contribution in [3.8, 4) is 0 Å². The van der Waals surface area contributed by atoms with E-state index in [1.165, 1.54) is 5.56 Å². The van der Waals surface area contributed by atoms with E-state index in [0.29, 0.717) is 0 Å². The van der Waals surface area contributed by atoms with Gasteiger partial charge in [0.15, 0.2) is 0 Å². The van der Waals surface area contributed by atoms with Crippen LogP contribution < -0.4 is 10.2 Å². The van der Waals surface area contributed by atoms with Crippen LogP contribution in [-0.2, 0) is 13.0 Å². The molecule has 0 spiro atoms. The molecule has 0 amide bonds. The maximum absolute atomic E-state index is 4.81. The summed E-state index contributed by atoms with van der Waals surface area (Å²) < 4.78 is 0. The Bertz CT molecular complexity index is 458. The lowest BCUT2D eigenvalue weighted by atomic mass is 9.99. The standard InChI is InChI=1S/C18H33N3/c1-9-15-11-14(13-19-17(3,4)5)12-16(20-15)21(8)18(6,7)10-2/h11-12,19H,9-10,13H2,1-8H3. The van der Waals surface area contributed by atoms with Crippen molar-refractivity contribution in [1.82, 2.24) is 10.3 Å². The minimum atomic E-state index is 0.119. The average molecular weight is 291 g/mol. The second-order valence-corrected chi connectivity index (χ2v) is 7.51. The van der Waals surface area contributed by atoms with Crippen molar-refractivity contribution in [2.45, 2.75) is 78.9 Å². The van der Waals surface area contributed by atoms with Gasteiger partial charge in [-0.3, -0.25) is 0 Å². The van der Waals surface area contributed by atoms with E-state index in [-0.39, 0.29) is 11.1 Å². The van der Waals surface area contributed by atoms with Crippen molar-refractivity contribution < 1.29 is 0 Å². The fourth-order valence-corrected chi connectivity index (χ4v) is 2.00. The van der Waals surface area contributed by atoms with E-state index < -0.39 is 0 Å². The topological polar surface area (TPSA) is 28.2 Å². The van der Waals surface area contributed by atoms with E-state index >= 15 is 0 Å². The molecule has 0 bridgehead atoms. The minimum absolute atomic E-state index is 0.119. The summed E-state index contributed by atoms with van der Waals surface area (Å²) in [7, 11) is 2.15. The Labute approximate surface area is 131 Å².